The minimum Gasteiger partial charge on any atom is -0.355 e. The molecular formula is C36H46MnN4. The molecule has 5 heterocycles. The topological polar surface area (TPSA) is 57.4 Å². The monoisotopic (exact) mass is 589 g/mol. The zero-order valence-electron chi connectivity index (χ0n) is 26.2. The van der Waals surface area contributed by atoms with Crippen molar-refractivity contribution in [3.05, 3.63) is 69.3 Å². The molecule has 4 nitrogen and oxygen atoms in total. The molecule has 0 atom stereocenters. The summed E-state index contributed by atoms with van der Waals surface area (Å²) in [5.74, 6) is 0. The molecule has 0 spiro atoms. The van der Waals surface area contributed by atoms with E-state index in [-0.39, 0.29) is 17.1 Å². The molecule has 0 aromatic carbocycles. The third-order valence-corrected chi connectivity index (χ3v) is 8.97. The maximum Gasteiger partial charge on any atom is 0.0693 e. The number of allylic oxidation sites excluding steroid dienone is 4. The summed E-state index contributed by atoms with van der Waals surface area (Å²) in [5, 5.41) is 0. The van der Waals surface area contributed by atoms with E-state index in [1.54, 1.807) is 0 Å². The first-order chi connectivity index (χ1) is 19.5. The number of H-pyrrole nitrogens is 2. The number of aromatic amines is 2. The Balaban J connectivity index is 0.00000387. The van der Waals surface area contributed by atoms with Crippen LogP contribution in [-0.2, 0) is 42.8 Å². The summed E-state index contributed by atoms with van der Waals surface area (Å²) in [6.45, 7) is 18.1. The molecule has 41 heavy (non-hydrogen) atoms. The fraction of sp³-hybridized carbons (Fsp3) is 0.444. The average Bonchev–Trinajstić information content (AvgIpc) is 3.67. The van der Waals surface area contributed by atoms with Gasteiger partial charge >= 0.3 is 0 Å². The van der Waals surface area contributed by atoms with Crippen molar-refractivity contribution >= 4 is 44.4 Å². The molecule has 2 N–H and O–H groups in total. The predicted molar refractivity (Wildman–Crippen MR) is 173 cm³/mol. The van der Waals surface area contributed by atoms with Crippen molar-refractivity contribution in [2.45, 2.75) is 107 Å². The molecule has 2 aliphatic rings. The van der Waals surface area contributed by atoms with Crippen molar-refractivity contribution in [2.24, 2.45) is 0 Å². The van der Waals surface area contributed by atoms with Crippen LogP contribution in [-0.4, -0.2) is 19.9 Å². The predicted octanol–water partition coefficient (Wildman–Crippen LogP) is 10.0. The molecule has 1 radical (unpaired) electrons. The van der Waals surface area contributed by atoms with Gasteiger partial charge < -0.3 is 9.97 Å². The summed E-state index contributed by atoms with van der Waals surface area (Å²) in [4.78, 5) is 18.2. The van der Waals surface area contributed by atoms with Crippen LogP contribution < -0.4 is 0 Å². The van der Waals surface area contributed by atoms with E-state index in [1.807, 2.05) is 0 Å². The van der Waals surface area contributed by atoms with E-state index in [0.29, 0.717) is 0 Å². The molecule has 217 valence electrons. The van der Waals surface area contributed by atoms with Crippen molar-refractivity contribution in [3.63, 3.8) is 0 Å². The van der Waals surface area contributed by atoms with E-state index in [4.69, 9.17) is 9.97 Å². The van der Waals surface area contributed by atoms with Crippen molar-refractivity contribution < 1.29 is 17.1 Å². The molecule has 0 aliphatic carbocycles. The van der Waals surface area contributed by atoms with Crippen LogP contribution in [0.4, 0.5) is 0 Å². The van der Waals surface area contributed by atoms with E-state index >= 15 is 0 Å². The Morgan fingerprint density at radius 2 is 0.610 bits per heavy atom. The average molecular weight is 590 g/mol. The van der Waals surface area contributed by atoms with Crippen LogP contribution in [0.3, 0.4) is 0 Å². The molecule has 0 fully saturated rings. The number of aromatic nitrogens is 4. The second-order valence-corrected chi connectivity index (χ2v) is 10.9. The molecule has 0 unspecified atom stereocenters. The van der Waals surface area contributed by atoms with E-state index < -0.39 is 0 Å². The second-order valence-electron chi connectivity index (χ2n) is 10.9. The van der Waals surface area contributed by atoms with Crippen LogP contribution in [0.1, 0.15) is 126 Å². The van der Waals surface area contributed by atoms with E-state index in [9.17, 15) is 0 Å². The molecule has 5 rings (SSSR count). The summed E-state index contributed by atoms with van der Waals surface area (Å²) >= 11 is 0. The Morgan fingerprint density at radius 3 is 0.780 bits per heavy atom. The molecule has 5 heteroatoms. The number of hydrogen-bond acceptors (Lipinski definition) is 2. The largest absolute Gasteiger partial charge is 0.355 e. The van der Waals surface area contributed by atoms with Gasteiger partial charge in [-0.3, -0.25) is 0 Å². The molecule has 8 bridgehead atoms. The van der Waals surface area contributed by atoms with Gasteiger partial charge in [-0.25, -0.2) is 9.97 Å². The summed E-state index contributed by atoms with van der Waals surface area (Å²) in [7, 11) is 0. The van der Waals surface area contributed by atoms with Crippen molar-refractivity contribution in [2.75, 3.05) is 0 Å². The van der Waals surface area contributed by atoms with Crippen LogP contribution in [0.15, 0.2) is 24.3 Å². The maximum absolute atomic E-state index is 5.29. The third kappa shape index (κ3) is 5.28. The van der Waals surface area contributed by atoms with Crippen LogP contribution in [0.2, 0.25) is 0 Å². The van der Waals surface area contributed by atoms with Gasteiger partial charge in [-0.2, -0.15) is 0 Å². The van der Waals surface area contributed by atoms with Gasteiger partial charge in [-0.15, -0.1) is 0 Å². The summed E-state index contributed by atoms with van der Waals surface area (Å²) < 4.78 is 0. The summed E-state index contributed by atoms with van der Waals surface area (Å²) in [6, 6.07) is 9.24. The Morgan fingerprint density at radius 1 is 0.390 bits per heavy atom. The zero-order chi connectivity index (χ0) is 28.6. The molecule has 0 amide bonds. The Labute approximate surface area is 256 Å². The molecule has 2 aliphatic heterocycles. The molecule has 3 aromatic heterocycles. The molecule has 0 saturated carbocycles. The van der Waals surface area contributed by atoms with Gasteiger partial charge in [-0.05, 0) is 120 Å². The van der Waals surface area contributed by atoms with Gasteiger partial charge in [0.1, 0.15) is 0 Å². The first-order valence-corrected chi connectivity index (χ1v) is 15.7. The molecular weight excluding hydrogens is 543 g/mol. The van der Waals surface area contributed by atoms with Gasteiger partial charge in [0.15, 0.2) is 0 Å². The fourth-order valence-corrected chi connectivity index (χ4v) is 7.10. The van der Waals surface area contributed by atoms with Crippen LogP contribution >= 0.6 is 0 Å². The Kier molecular flexibility index (Phi) is 9.82. The number of fused-ring (bicyclic) bond motifs is 8. The normalized spacial score (nSPS) is 13.3. The first kappa shape index (κ1) is 31.1. The van der Waals surface area contributed by atoms with Crippen LogP contribution in [0.5, 0.6) is 0 Å². The van der Waals surface area contributed by atoms with E-state index in [0.717, 1.165) is 74.1 Å². The van der Waals surface area contributed by atoms with E-state index in [1.165, 1.54) is 66.6 Å². The van der Waals surface area contributed by atoms with Gasteiger partial charge in [0.2, 0.25) is 0 Å². The van der Waals surface area contributed by atoms with Crippen molar-refractivity contribution in [3.8, 4) is 0 Å². The van der Waals surface area contributed by atoms with E-state index in [2.05, 4.69) is 89.6 Å². The summed E-state index contributed by atoms with van der Waals surface area (Å²) in [6.07, 6.45) is 7.84. The van der Waals surface area contributed by atoms with Gasteiger partial charge in [0.05, 0.1) is 22.8 Å². The number of aryl methyl sites for hydroxylation is 4. The van der Waals surface area contributed by atoms with Gasteiger partial charge in [0.25, 0.3) is 0 Å². The number of hydrogen-bond donors (Lipinski definition) is 2. The van der Waals surface area contributed by atoms with Crippen molar-refractivity contribution in [1.29, 1.82) is 0 Å². The third-order valence-electron chi connectivity index (χ3n) is 8.97. The standard InChI is InChI=1S/C36H46N4.Mn/c1-9-21-22(10-2)30-18-32-25(13-5)26(14-6)34(39-32)20-36-28(16-8)27(15-7)35(40-36)19-33-24(12-4)23(11-3)31(38-33)17-29(21)37-30;/h17-20,37,40H,9-16H2,1-8H3;. The van der Waals surface area contributed by atoms with Gasteiger partial charge in [0, 0.05) is 39.1 Å². The van der Waals surface area contributed by atoms with Crippen LogP contribution in [0.25, 0.3) is 44.4 Å². The number of nitrogens with zero attached hydrogens (tertiary/aromatic N) is 2. The first-order valence-electron chi connectivity index (χ1n) is 15.7. The fourth-order valence-electron chi connectivity index (χ4n) is 7.10. The van der Waals surface area contributed by atoms with Gasteiger partial charge in [-0.1, -0.05) is 55.4 Å². The minimum absolute atomic E-state index is 0. The SMILES string of the molecule is CCC1=C(CC)c2cc3[nH]c(cc4nc(cc5[nH]c(cc1n2)c(CC)c5CC)C(CC)=C4CC)c(CC)c3CC.[Mn]. The quantitative estimate of drug-likeness (QED) is 0.257. The zero-order valence-corrected chi connectivity index (χ0v) is 27.4. The number of rotatable bonds is 8. The molecule has 0 saturated heterocycles. The number of nitrogens with one attached hydrogen (secondary N) is 2. The Hall–Kier alpha value is -2.88. The molecule has 3 aromatic rings. The maximum atomic E-state index is 5.29. The second kappa shape index (κ2) is 13.0. The van der Waals surface area contributed by atoms with Crippen LogP contribution in [0, 0.1) is 0 Å². The summed E-state index contributed by atoms with van der Waals surface area (Å²) in [5.41, 5.74) is 20.2. The Bertz CT molecular complexity index is 1440. The van der Waals surface area contributed by atoms with Crippen molar-refractivity contribution in [1.82, 2.24) is 19.9 Å². The smallest absolute Gasteiger partial charge is 0.0693 e. The minimum atomic E-state index is 0.